The quantitative estimate of drug-likeness (QED) is 0.869. The van der Waals surface area contributed by atoms with Crippen molar-refractivity contribution < 1.29 is 9.32 Å². The topological polar surface area (TPSA) is 72.1 Å². The largest absolute Gasteiger partial charge is 0.337 e. The van der Waals surface area contributed by atoms with E-state index in [-0.39, 0.29) is 17.4 Å². The van der Waals surface area contributed by atoms with Crippen LogP contribution in [0, 0.1) is 5.41 Å². The zero-order valence-corrected chi connectivity index (χ0v) is 13.8. The number of likely N-dealkylation sites (tertiary alicyclic amines) is 1. The second-order valence-corrected chi connectivity index (χ2v) is 7.17. The fourth-order valence-electron chi connectivity index (χ4n) is 2.87. The maximum atomic E-state index is 12.5. The van der Waals surface area contributed by atoms with Gasteiger partial charge in [0.15, 0.2) is 0 Å². The first-order valence-electron chi connectivity index (χ1n) is 7.97. The van der Waals surface area contributed by atoms with Crippen molar-refractivity contribution in [2.24, 2.45) is 5.41 Å². The minimum Gasteiger partial charge on any atom is -0.337 e. The Hall–Kier alpha value is -2.24. The second-order valence-electron chi connectivity index (χ2n) is 7.17. The summed E-state index contributed by atoms with van der Waals surface area (Å²) in [6.45, 7) is 6.98. The average molecular weight is 314 g/mol. The number of hydrogen-bond acceptors (Lipinski definition) is 5. The molecule has 2 aromatic rings. The molecule has 3 rings (SSSR count). The van der Waals surface area contributed by atoms with E-state index < -0.39 is 0 Å². The van der Waals surface area contributed by atoms with Gasteiger partial charge >= 0.3 is 0 Å². The number of aromatic nitrogens is 3. The molecule has 3 heterocycles. The number of nitrogens with zero attached hydrogens (tertiary/aromatic N) is 4. The first-order chi connectivity index (χ1) is 10.9. The summed E-state index contributed by atoms with van der Waals surface area (Å²) >= 11 is 0. The van der Waals surface area contributed by atoms with Gasteiger partial charge in [-0.2, -0.15) is 4.98 Å². The van der Waals surface area contributed by atoms with E-state index in [1.54, 1.807) is 12.4 Å². The van der Waals surface area contributed by atoms with E-state index in [4.69, 9.17) is 4.52 Å². The third-order valence-corrected chi connectivity index (χ3v) is 3.92. The molecular formula is C17H22N4O2. The van der Waals surface area contributed by atoms with Crippen LogP contribution in [-0.4, -0.2) is 32.5 Å². The van der Waals surface area contributed by atoms with Gasteiger partial charge in [-0.05, 0) is 30.4 Å². The van der Waals surface area contributed by atoms with Gasteiger partial charge in [0.25, 0.3) is 0 Å². The van der Waals surface area contributed by atoms with Crippen molar-refractivity contribution in [3.63, 3.8) is 0 Å². The Morgan fingerprint density at radius 1 is 1.35 bits per heavy atom. The van der Waals surface area contributed by atoms with E-state index in [0.29, 0.717) is 18.1 Å². The van der Waals surface area contributed by atoms with Crippen molar-refractivity contribution in [1.29, 1.82) is 0 Å². The van der Waals surface area contributed by atoms with Crippen LogP contribution < -0.4 is 0 Å². The van der Waals surface area contributed by atoms with E-state index in [0.717, 1.165) is 24.9 Å². The number of rotatable bonds is 3. The summed E-state index contributed by atoms with van der Waals surface area (Å²) in [4.78, 5) is 22.9. The standard InChI is InChI=1S/C17H22N4O2/c1-17(2,3)11-14(22)21-10-4-5-13(21)16-19-15(20-23-16)12-6-8-18-9-7-12/h6-9,13H,4-5,10-11H2,1-3H3. The van der Waals surface area contributed by atoms with Crippen LogP contribution in [0.1, 0.15) is 52.0 Å². The summed E-state index contributed by atoms with van der Waals surface area (Å²) in [7, 11) is 0. The zero-order valence-electron chi connectivity index (χ0n) is 13.8. The predicted molar refractivity (Wildman–Crippen MR) is 85.3 cm³/mol. The van der Waals surface area contributed by atoms with Crippen LogP contribution in [0.2, 0.25) is 0 Å². The molecule has 1 unspecified atom stereocenters. The summed E-state index contributed by atoms with van der Waals surface area (Å²) in [5.41, 5.74) is 0.835. The molecule has 1 fully saturated rings. The Bertz CT molecular complexity index is 675. The molecule has 0 N–H and O–H groups in total. The number of carbonyl (C=O) groups is 1. The van der Waals surface area contributed by atoms with Gasteiger partial charge in [-0.15, -0.1) is 0 Å². The van der Waals surface area contributed by atoms with Crippen molar-refractivity contribution in [3.05, 3.63) is 30.4 Å². The summed E-state index contributed by atoms with van der Waals surface area (Å²) in [5.74, 6) is 1.22. The highest BCUT2D eigenvalue weighted by molar-refractivity contribution is 5.77. The smallest absolute Gasteiger partial charge is 0.249 e. The molecule has 0 radical (unpaired) electrons. The van der Waals surface area contributed by atoms with Gasteiger partial charge < -0.3 is 9.42 Å². The monoisotopic (exact) mass is 314 g/mol. The van der Waals surface area contributed by atoms with E-state index in [1.165, 1.54) is 0 Å². The Kier molecular flexibility index (Phi) is 4.15. The molecule has 6 nitrogen and oxygen atoms in total. The first kappa shape index (κ1) is 15.6. The van der Waals surface area contributed by atoms with Gasteiger partial charge in [-0.25, -0.2) is 0 Å². The molecule has 1 aliphatic rings. The highest BCUT2D eigenvalue weighted by atomic mass is 16.5. The molecule has 0 saturated carbocycles. The highest BCUT2D eigenvalue weighted by Crippen LogP contribution is 2.34. The lowest BCUT2D eigenvalue weighted by molar-refractivity contribution is -0.134. The Labute approximate surface area is 135 Å². The predicted octanol–water partition coefficient (Wildman–Crippen LogP) is 3.23. The molecule has 1 atom stereocenters. The van der Waals surface area contributed by atoms with Gasteiger partial charge in [-0.3, -0.25) is 9.78 Å². The van der Waals surface area contributed by atoms with Crippen LogP contribution in [0.4, 0.5) is 0 Å². The van der Waals surface area contributed by atoms with Crippen LogP contribution >= 0.6 is 0 Å². The SMILES string of the molecule is CC(C)(C)CC(=O)N1CCCC1c1nc(-c2ccncc2)no1. The molecule has 23 heavy (non-hydrogen) atoms. The van der Waals surface area contributed by atoms with Crippen molar-refractivity contribution in [2.75, 3.05) is 6.54 Å². The molecular weight excluding hydrogens is 292 g/mol. The molecule has 6 heteroatoms. The molecule has 1 saturated heterocycles. The zero-order chi connectivity index (χ0) is 16.4. The van der Waals surface area contributed by atoms with Gasteiger partial charge in [0.05, 0.1) is 0 Å². The van der Waals surface area contributed by atoms with E-state index in [2.05, 4.69) is 35.9 Å². The van der Waals surface area contributed by atoms with Gasteiger partial charge in [0.1, 0.15) is 6.04 Å². The number of amides is 1. The fraction of sp³-hybridized carbons (Fsp3) is 0.529. The first-order valence-corrected chi connectivity index (χ1v) is 7.97. The van der Waals surface area contributed by atoms with E-state index >= 15 is 0 Å². The Balaban J connectivity index is 1.78. The van der Waals surface area contributed by atoms with Gasteiger partial charge in [0.2, 0.25) is 17.6 Å². The van der Waals surface area contributed by atoms with Gasteiger partial charge in [-0.1, -0.05) is 25.9 Å². The lowest BCUT2D eigenvalue weighted by Gasteiger charge is -2.26. The fourth-order valence-corrected chi connectivity index (χ4v) is 2.87. The maximum absolute atomic E-state index is 12.5. The minimum atomic E-state index is -0.104. The van der Waals surface area contributed by atoms with Crippen LogP contribution in [0.5, 0.6) is 0 Å². The van der Waals surface area contributed by atoms with E-state index in [1.807, 2.05) is 17.0 Å². The summed E-state index contributed by atoms with van der Waals surface area (Å²) < 4.78 is 5.44. The average Bonchev–Trinajstić information content (AvgIpc) is 3.15. The van der Waals surface area contributed by atoms with Crippen molar-refractivity contribution >= 4 is 5.91 Å². The summed E-state index contributed by atoms with van der Waals surface area (Å²) in [6, 6.07) is 3.57. The molecule has 1 aliphatic heterocycles. The summed E-state index contributed by atoms with van der Waals surface area (Å²) in [6.07, 6.45) is 5.75. The molecule has 0 spiro atoms. The minimum absolute atomic E-state index is 0.0265. The molecule has 2 aromatic heterocycles. The molecule has 1 amide bonds. The highest BCUT2D eigenvalue weighted by Gasteiger charge is 2.35. The summed E-state index contributed by atoms with van der Waals surface area (Å²) in [5, 5.41) is 4.05. The van der Waals surface area contributed by atoms with E-state index in [9.17, 15) is 4.79 Å². The maximum Gasteiger partial charge on any atom is 0.249 e. The number of hydrogen-bond donors (Lipinski definition) is 0. The lowest BCUT2D eigenvalue weighted by atomic mass is 9.91. The van der Waals surface area contributed by atoms with Crippen LogP contribution in [0.3, 0.4) is 0 Å². The van der Waals surface area contributed by atoms with Crippen LogP contribution in [-0.2, 0) is 4.79 Å². The van der Waals surface area contributed by atoms with Crippen LogP contribution in [0.25, 0.3) is 11.4 Å². The third kappa shape index (κ3) is 3.57. The van der Waals surface area contributed by atoms with Crippen molar-refractivity contribution in [1.82, 2.24) is 20.0 Å². The number of carbonyl (C=O) groups excluding carboxylic acids is 1. The Morgan fingerprint density at radius 3 is 2.78 bits per heavy atom. The lowest BCUT2D eigenvalue weighted by Crippen LogP contribution is -2.33. The molecule has 0 aliphatic carbocycles. The van der Waals surface area contributed by atoms with Crippen LogP contribution in [0.15, 0.2) is 29.0 Å². The molecule has 0 aromatic carbocycles. The molecule has 0 bridgehead atoms. The second kappa shape index (κ2) is 6.10. The van der Waals surface area contributed by atoms with Crippen molar-refractivity contribution in [3.8, 4) is 11.4 Å². The number of pyridine rings is 1. The third-order valence-electron chi connectivity index (χ3n) is 3.92. The Morgan fingerprint density at radius 2 is 2.09 bits per heavy atom. The normalized spacial score (nSPS) is 18.4. The van der Waals surface area contributed by atoms with Gasteiger partial charge in [0, 0.05) is 30.9 Å². The van der Waals surface area contributed by atoms with Crippen molar-refractivity contribution in [2.45, 2.75) is 46.1 Å². The molecule has 122 valence electrons.